The van der Waals surface area contributed by atoms with Gasteiger partial charge in [0.15, 0.2) is 0 Å². The van der Waals surface area contributed by atoms with Crippen LogP contribution in [0.25, 0.3) is 0 Å². The molecule has 1 fully saturated rings. The average molecular weight is 259 g/mol. The van der Waals surface area contributed by atoms with Crippen LogP contribution in [0.15, 0.2) is 0 Å². The van der Waals surface area contributed by atoms with E-state index in [1.54, 1.807) is 7.11 Å². The summed E-state index contributed by atoms with van der Waals surface area (Å²) in [5.41, 5.74) is 0. The van der Waals surface area contributed by atoms with Crippen LogP contribution in [0.4, 0.5) is 0 Å². The van der Waals surface area contributed by atoms with Crippen LogP contribution in [0, 0.1) is 0 Å². The van der Waals surface area contributed by atoms with E-state index in [0.717, 1.165) is 38.8 Å². The summed E-state index contributed by atoms with van der Waals surface area (Å²) in [5, 5.41) is 3.57. The molecule has 1 saturated carbocycles. The molecule has 0 aromatic heterocycles. The van der Waals surface area contributed by atoms with Crippen LogP contribution in [0.3, 0.4) is 0 Å². The first-order valence-electron chi connectivity index (χ1n) is 7.31. The number of methoxy groups -OCH3 is 1. The molecule has 1 N–H and O–H groups in total. The molecule has 0 atom stereocenters. The van der Waals surface area contributed by atoms with E-state index in [-0.39, 0.29) is 0 Å². The first-order chi connectivity index (χ1) is 8.93. The molecule has 1 aliphatic carbocycles. The lowest BCUT2D eigenvalue weighted by molar-refractivity contribution is 0.0514. The van der Waals surface area contributed by atoms with Crippen molar-refractivity contribution in [3.8, 4) is 0 Å². The standard InChI is InChI=1S/C14H29NO3/c1-16-12-13-18-10-5-9-17-11-8-15-14-6-3-2-4-7-14/h14-15H,2-13H2,1H3. The van der Waals surface area contributed by atoms with Crippen LogP contribution in [0.5, 0.6) is 0 Å². The predicted octanol–water partition coefficient (Wildman–Crippen LogP) is 1.98. The SMILES string of the molecule is COCCOCCCOCCNC1CCCCC1. The molecule has 0 aromatic carbocycles. The lowest BCUT2D eigenvalue weighted by atomic mass is 9.96. The minimum Gasteiger partial charge on any atom is -0.382 e. The van der Waals surface area contributed by atoms with Gasteiger partial charge in [-0.3, -0.25) is 0 Å². The Morgan fingerprint density at radius 2 is 1.61 bits per heavy atom. The molecule has 0 radical (unpaired) electrons. The molecule has 4 nitrogen and oxygen atoms in total. The molecule has 108 valence electrons. The highest BCUT2D eigenvalue weighted by Gasteiger charge is 2.11. The summed E-state index contributed by atoms with van der Waals surface area (Å²) < 4.78 is 15.8. The summed E-state index contributed by atoms with van der Waals surface area (Å²) in [6.07, 6.45) is 7.83. The molecule has 0 aromatic rings. The molecule has 0 heterocycles. The number of nitrogens with one attached hydrogen (secondary N) is 1. The van der Waals surface area contributed by atoms with E-state index in [2.05, 4.69) is 5.32 Å². The van der Waals surface area contributed by atoms with E-state index >= 15 is 0 Å². The maximum absolute atomic E-state index is 5.56. The van der Waals surface area contributed by atoms with Crippen LogP contribution in [0.2, 0.25) is 0 Å². The molecule has 0 saturated heterocycles. The fourth-order valence-electron chi connectivity index (χ4n) is 2.25. The second-order valence-electron chi connectivity index (χ2n) is 4.86. The predicted molar refractivity (Wildman–Crippen MR) is 73.0 cm³/mol. The van der Waals surface area contributed by atoms with Crippen molar-refractivity contribution in [1.29, 1.82) is 0 Å². The third-order valence-corrected chi connectivity index (χ3v) is 3.29. The first kappa shape index (κ1) is 15.9. The minimum absolute atomic E-state index is 0.673. The van der Waals surface area contributed by atoms with Crippen LogP contribution in [-0.2, 0) is 14.2 Å². The molecule has 4 heteroatoms. The number of ether oxygens (including phenoxy) is 3. The van der Waals surface area contributed by atoms with Gasteiger partial charge in [-0.1, -0.05) is 19.3 Å². The van der Waals surface area contributed by atoms with Gasteiger partial charge in [0.25, 0.3) is 0 Å². The highest BCUT2D eigenvalue weighted by Crippen LogP contribution is 2.16. The van der Waals surface area contributed by atoms with Crippen LogP contribution < -0.4 is 5.32 Å². The molecule has 0 aliphatic heterocycles. The van der Waals surface area contributed by atoms with E-state index in [1.165, 1.54) is 32.1 Å². The topological polar surface area (TPSA) is 39.7 Å². The Kier molecular flexibility index (Phi) is 10.5. The summed E-state index contributed by atoms with van der Waals surface area (Å²) >= 11 is 0. The van der Waals surface area contributed by atoms with E-state index in [4.69, 9.17) is 14.2 Å². The molecular formula is C14H29NO3. The van der Waals surface area contributed by atoms with Crippen LogP contribution in [0.1, 0.15) is 38.5 Å². The third kappa shape index (κ3) is 8.86. The lowest BCUT2D eigenvalue weighted by Crippen LogP contribution is -2.33. The molecule has 18 heavy (non-hydrogen) atoms. The summed E-state index contributed by atoms with van der Waals surface area (Å²) in [6.45, 7) is 4.70. The summed E-state index contributed by atoms with van der Waals surface area (Å²) in [6, 6.07) is 0.736. The third-order valence-electron chi connectivity index (χ3n) is 3.29. The first-order valence-corrected chi connectivity index (χ1v) is 7.31. The Bertz CT molecular complexity index is 172. The van der Waals surface area contributed by atoms with Crippen molar-refractivity contribution in [2.24, 2.45) is 0 Å². The van der Waals surface area contributed by atoms with Crippen LogP contribution >= 0.6 is 0 Å². The van der Waals surface area contributed by atoms with E-state index in [1.807, 2.05) is 0 Å². The Morgan fingerprint density at radius 1 is 0.889 bits per heavy atom. The van der Waals surface area contributed by atoms with Gasteiger partial charge in [-0.2, -0.15) is 0 Å². The van der Waals surface area contributed by atoms with Crippen molar-refractivity contribution in [2.75, 3.05) is 46.7 Å². The Labute approximate surface area is 111 Å². The summed E-state index contributed by atoms with van der Waals surface area (Å²) in [7, 11) is 1.69. The van der Waals surface area contributed by atoms with Crippen molar-refractivity contribution in [3.05, 3.63) is 0 Å². The van der Waals surface area contributed by atoms with Crippen molar-refractivity contribution >= 4 is 0 Å². The molecule has 0 amide bonds. The van der Waals surface area contributed by atoms with Gasteiger partial charge in [0.1, 0.15) is 0 Å². The molecule has 1 rings (SSSR count). The number of hydrogen-bond donors (Lipinski definition) is 1. The zero-order valence-corrected chi connectivity index (χ0v) is 11.8. The van der Waals surface area contributed by atoms with Crippen molar-refractivity contribution in [2.45, 2.75) is 44.6 Å². The maximum Gasteiger partial charge on any atom is 0.0700 e. The maximum atomic E-state index is 5.56. The van der Waals surface area contributed by atoms with Gasteiger partial charge < -0.3 is 19.5 Å². The van der Waals surface area contributed by atoms with Gasteiger partial charge in [-0.25, -0.2) is 0 Å². The summed E-state index contributed by atoms with van der Waals surface area (Å²) in [5.74, 6) is 0. The fraction of sp³-hybridized carbons (Fsp3) is 1.00. The average Bonchev–Trinajstić information content (AvgIpc) is 2.42. The van der Waals surface area contributed by atoms with Gasteiger partial charge in [0, 0.05) is 32.9 Å². The smallest absolute Gasteiger partial charge is 0.0700 e. The van der Waals surface area contributed by atoms with Gasteiger partial charge in [-0.15, -0.1) is 0 Å². The zero-order chi connectivity index (χ0) is 12.9. The zero-order valence-electron chi connectivity index (χ0n) is 11.8. The second kappa shape index (κ2) is 11.9. The van der Waals surface area contributed by atoms with Gasteiger partial charge in [-0.05, 0) is 19.3 Å². The van der Waals surface area contributed by atoms with Crippen LogP contribution in [-0.4, -0.2) is 52.7 Å². The van der Waals surface area contributed by atoms with Gasteiger partial charge >= 0.3 is 0 Å². The van der Waals surface area contributed by atoms with E-state index in [9.17, 15) is 0 Å². The normalized spacial score (nSPS) is 17.2. The monoisotopic (exact) mass is 259 g/mol. The highest BCUT2D eigenvalue weighted by atomic mass is 16.5. The fourth-order valence-corrected chi connectivity index (χ4v) is 2.25. The molecule has 0 bridgehead atoms. The number of hydrogen-bond acceptors (Lipinski definition) is 4. The minimum atomic E-state index is 0.673. The molecule has 0 spiro atoms. The second-order valence-corrected chi connectivity index (χ2v) is 4.86. The van der Waals surface area contributed by atoms with Crippen molar-refractivity contribution in [3.63, 3.8) is 0 Å². The van der Waals surface area contributed by atoms with E-state index in [0.29, 0.717) is 13.2 Å². The van der Waals surface area contributed by atoms with E-state index < -0.39 is 0 Å². The Hall–Kier alpha value is -0.160. The Morgan fingerprint density at radius 3 is 2.33 bits per heavy atom. The van der Waals surface area contributed by atoms with Crippen molar-refractivity contribution in [1.82, 2.24) is 5.32 Å². The molecule has 1 aliphatic rings. The van der Waals surface area contributed by atoms with Crippen molar-refractivity contribution < 1.29 is 14.2 Å². The molecule has 0 unspecified atom stereocenters. The lowest BCUT2D eigenvalue weighted by Gasteiger charge is -2.22. The van der Waals surface area contributed by atoms with Gasteiger partial charge in [0.05, 0.1) is 19.8 Å². The highest BCUT2D eigenvalue weighted by molar-refractivity contribution is 4.71. The Balaban J connectivity index is 1.73. The quantitative estimate of drug-likeness (QED) is 0.576. The largest absolute Gasteiger partial charge is 0.382 e. The number of rotatable bonds is 11. The summed E-state index contributed by atoms with van der Waals surface area (Å²) in [4.78, 5) is 0. The van der Waals surface area contributed by atoms with Gasteiger partial charge in [0.2, 0.25) is 0 Å². The molecular weight excluding hydrogens is 230 g/mol.